The molecule has 102 valence electrons. The fraction of sp³-hybridized carbons (Fsp3) is 0.167. The molecule has 0 atom stereocenters. The van der Waals surface area contributed by atoms with Gasteiger partial charge in [0.25, 0.3) is 10.0 Å². The summed E-state index contributed by atoms with van der Waals surface area (Å²) < 4.78 is 27.3. The summed E-state index contributed by atoms with van der Waals surface area (Å²) in [7, 11) is -1.99. The number of benzene rings is 1. The molecule has 4 nitrogen and oxygen atoms in total. The summed E-state index contributed by atoms with van der Waals surface area (Å²) >= 11 is 4.55. The third kappa shape index (κ3) is 2.77. The van der Waals surface area contributed by atoms with Crippen LogP contribution < -0.4 is 10.0 Å². The normalized spacial score (nSPS) is 11.5. The summed E-state index contributed by atoms with van der Waals surface area (Å²) in [6.45, 7) is 1.86. The van der Waals surface area contributed by atoms with E-state index in [1.54, 1.807) is 30.3 Å². The lowest BCUT2D eigenvalue weighted by Gasteiger charge is -2.18. The van der Waals surface area contributed by atoms with E-state index in [2.05, 4.69) is 15.9 Å². The SMILES string of the molecule is Cc1cc(S(=O)(=O)N(C)c2ccc(N)cc2)sc1Br. The molecule has 0 aliphatic rings. The number of aryl methyl sites for hydroxylation is 1. The molecule has 0 bridgehead atoms. The predicted octanol–water partition coefficient (Wildman–Crippen LogP) is 3.23. The van der Waals surface area contributed by atoms with Crippen LogP contribution in [-0.2, 0) is 10.0 Å². The van der Waals surface area contributed by atoms with Crippen LogP contribution in [0, 0.1) is 6.92 Å². The van der Waals surface area contributed by atoms with Crippen molar-refractivity contribution in [3.8, 4) is 0 Å². The summed E-state index contributed by atoms with van der Waals surface area (Å²) in [5, 5.41) is 0. The Balaban J connectivity index is 2.41. The monoisotopic (exact) mass is 360 g/mol. The number of thiophene rings is 1. The number of hydrogen-bond acceptors (Lipinski definition) is 4. The molecule has 0 spiro atoms. The van der Waals surface area contributed by atoms with Crippen molar-refractivity contribution in [2.45, 2.75) is 11.1 Å². The van der Waals surface area contributed by atoms with Gasteiger partial charge in [-0.05, 0) is 58.7 Å². The first kappa shape index (κ1) is 14.4. The van der Waals surface area contributed by atoms with E-state index in [1.165, 1.54) is 22.7 Å². The largest absolute Gasteiger partial charge is 0.399 e. The summed E-state index contributed by atoms with van der Waals surface area (Å²) in [6, 6.07) is 8.39. The van der Waals surface area contributed by atoms with Crippen LogP contribution in [0.1, 0.15) is 5.56 Å². The second kappa shape index (κ2) is 5.15. The molecule has 2 rings (SSSR count). The van der Waals surface area contributed by atoms with Gasteiger partial charge >= 0.3 is 0 Å². The van der Waals surface area contributed by atoms with Gasteiger partial charge in [-0.1, -0.05) is 0 Å². The quantitative estimate of drug-likeness (QED) is 0.854. The lowest BCUT2D eigenvalue weighted by atomic mass is 10.3. The Morgan fingerprint density at radius 2 is 1.84 bits per heavy atom. The van der Waals surface area contributed by atoms with Crippen molar-refractivity contribution in [1.82, 2.24) is 0 Å². The Morgan fingerprint density at radius 3 is 2.32 bits per heavy atom. The number of halogens is 1. The van der Waals surface area contributed by atoms with Crippen LogP contribution in [0.5, 0.6) is 0 Å². The Bertz CT molecular complexity index is 674. The molecule has 0 aliphatic heterocycles. The van der Waals surface area contributed by atoms with Crippen LogP contribution in [0.3, 0.4) is 0 Å². The minimum absolute atomic E-state index is 0.316. The van der Waals surface area contributed by atoms with Gasteiger partial charge in [-0.3, -0.25) is 4.31 Å². The van der Waals surface area contributed by atoms with E-state index in [1.807, 2.05) is 6.92 Å². The van der Waals surface area contributed by atoms with Crippen molar-refractivity contribution in [2.24, 2.45) is 0 Å². The maximum absolute atomic E-state index is 12.5. The summed E-state index contributed by atoms with van der Waals surface area (Å²) in [4.78, 5) is 0. The molecule has 1 aromatic carbocycles. The second-order valence-electron chi connectivity index (χ2n) is 4.09. The number of anilines is 2. The van der Waals surface area contributed by atoms with Crippen molar-refractivity contribution < 1.29 is 8.42 Å². The molecule has 0 saturated carbocycles. The first-order valence-electron chi connectivity index (χ1n) is 5.43. The van der Waals surface area contributed by atoms with Crippen LogP contribution in [0.4, 0.5) is 11.4 Å². The number of sulfonamides is 1. The van der Waals surface area contributed by atoms with Gasteiger partial charge in [0.2, 0.25) is 0 Å². The Morgan fingerprint density at radius 1 is 1.26 bits per heavy atom. The molecule has 0 radical (unpaired) electrons. The summed E-state index contributed by atoms with van der Waals surface area (Å²) in [5.41, 5.74) is 7.69. The van der Waals surface area contributed by atoms with Crippen molar-refractivity contribution in [3.05, 3.63) is 39.7 Å². The Kier molecular flexibility index (Phi) is 3.89. The molecule has 0 saturated heterocycles. The topological polar surface area (TPSA) is 63.4 Å². The Labute approximate surface area is 125 Å². The zero-order valence-electron chi connectivity index (χ0n) is 10.4. The standard InChI is InChI=1S/C12H13BrN2O2S2/c1-8-7-11(18-12(8)13)19(16,17)15(2)10-5-3-9(14)4-6-10/h3-7H,14H2,1-2H3. The third-order valence-corrected chi connectivity index (χ3v) is 7.08. The average molecular weight is 361 g/mol. The molecule has 0 amide bonds. The molecule has 1 aromatic heterocycles. The van der Waals surface area contributed by atoms with Crippen LogP contribution in [0.2, 0.25) is 0 Å². The smallest absolute Gasteiger partial charge is 0.273 e. The van der Waals surface area contributed by atoms with Crippen molar-refractivity contribution >= 4 is 48.7 Å². The first-order chi connectivity index (χ1) is 8.82. The van der Waals surface area contributed by atoms with Gasteiger partial charge in [-0.25, -0.2) is 8.42 Å². The molecule has 7 heteroatoms. The molecular formula is C12H13BrN2O2S2. The van der Waals surface area contributed by atoms with Gasteiger partial charge < -0.3 is 5.73 Å². The van der Waals surface area contributed by atoms with Crippen LogP contribution in [0.25, 0.3) is 0 Å². The highest BCUT2D eigenvalue weighted by Gasteiger charge is 2.24. The zero-order chi connectivity index (χ0) is 14.2. The minimum atomic E-state index is -3.53. The molecule has 0 unspecified atom stereocenters. The van der Waals surface area contributed by atoms with Crippen LogP contribution in [-0.4, -0.2) is 15.5 Å². The highest BCUT2D eigenvalue weighted by molar-refractivity contribution is 9.11. The number of rotatable bonds is 3. The lowest BCUT2D eigenvalue weighted by Crippen LogP contribution is -2.25. The maximum Gasteiger partial charge on any atom is 0.273 e. The Hall–Kier alpha value is -1.05. The first-order valence-corrected chi connectivity index (χ1v) is 8.48. The molecule has 2 N–H and O–H groups in total. The predicted molar refractivity (Wildman–Crippen MR) is 83.2 cm³/mol. The molecule has 2 aromatic rings. The zero-order valence-corrected chi connectivity index (χ0v) is 13.6. The number of nitrogens with zero attached hydrogens (tertiary/aromatic N) is 1. The molecular weight excluding hydrogens is 348 g/mol. The number of hydrogen-bond donors (Lipinski definition) is 1. The van der Waals surface area contributed by atoms with Gasteiger partial charge in [0, 0.05) is 12.7 Å². The highest BCUT2D eigenvalue weighted by Crippen LogP contribution is 2.33. The number of nitrogen functional groups attached to an aromatic ring is 1. The van der Waals surface area contributed by atoms with Gasteiger partial charge in [-0.15, -0.1) is 11.3 Å². The minimum Gasteiger partial charge on any atom is -0.399 e. The van der Waals surface area contributed by atoms with E-state index < -0.39 is 10.0 Å². The number of nitrogens with two attached hydrogens (primary N) is 1. The van der Waals surface area contributed by atoms with Crippen molar-refractivity contribution in [1.29, 1.82) is 0 Å². The fourth-order valence-electron chi connectivity index (χ4n) is 1.52. The molecule has 0 fully saturated rings. The van der Waals surface area contributed by atoms with E-state index in [4.69, 9.17) is 5.73 Å². The highest BCUT2D eigenvalue weighted by atomic mass is 79.9. The average Bonchev–Trinajstić information content (AvgIpc) is 2.70. The molecule has 1 heterocycles. The van der Waals surface area contributed by atoms with E-state index >= 15 is 0 Å². The second-order valence-corrected chi connectivity index (χ2v) is 8.65. The van der Waals surface area contributed by atoms with Crippen LogP contribution in [0.15, 0.2) is 38.3 Å². The van der Waals surface area contributed by atoms with Crippen molar-refractivity contribution in [3.63, 3.8) is 0 Å². The maximum atomic E-state index is 12.5. The van der Waals surface area contributed by atoms with Gasteiger partial charge in [-0.2, -0.15) is 0 Å². The van der Waals surface area contributed by atoms with Crippen LogP contribution >= 0.6 is 27.3 Å². The fourth-order valence-corrected chi connectivity index (χ4v) is 5.11. The summed E-state index contributed by atoms with van der Waals surface area (Å²) in [5.74, 6) is 0. The van der Waals surface area contributed by atoms with E-state index in [-0.39, 0.29) is 0 Å². The van der Waals surface area contributed by atoms with Gasteiger partial charge in [0.05, 0.1) is 9.47 Å². The van der Waals surface area contributed by atoms with Gasteiger partial charge in [0.15, 0.2) is 0 Å². The van der Waals surface area contributed by atoms with E-state index in [0.717, 1.165) is 9.35 Å². The third-order valence-electron chi connectivity index (χ3n) is 2.71. The van der Waals surface area contributed by atoms with E-state index in [0.29, 0.717) is 15.6 Å². The van der Waals surface area contributed by atoms with Crippen molar-refractivity contribution in [2.75, 3.05) is 17.1 Å². The molecule has 19 heavy (non-hydrogen) atoms. The lowest BCUT2D eigenvalue weighted by molar-refractivity contribution is 0.596. The summed E-state index contributed by atoms with van der Waals surface area (Å²) in [6.07, 6.45) is 0. The molecule has 0 aliphatic carbocycles. The van der Waals surface area contributed by atoms with E-state index in [9.17, 15) is 8.42 Å². The van der Waals surface area contributed by atoms with Gasteiger partial charge in [0.1, 0.15) is 4.21 Å².